The van der Waals surface area contributed by atoms with Gasteiger partial charge in [0.2, 0.25) is 0 Å². The first-order chi connectivity index (χ1) is 13.8. The minimum Gasteiger partial charge on any atom is -0.494 e. The maximum absolute atomic E-state index is 11.9. The molecule has 3 rings (SSSR count). The molecule has 5 nitrogen and oxygen atoms in total. The fourth-order valence-corrected chi connectivity index (χ4v) is 2.60. The standard InChI is InChI=1S/C23H24N2O3/c26-23(20-12-15-24-16-13-20)25-14-4-5-17-27-21-8-10-22(11-9-21)28-18-19-6-2-1-3-7-19/h1-3,6-13,15-16H,4-5,14,17-18H2,(H,25,26). The summed E-state index contributed by atoms with van der Waals surface area (Å²) in [4.78, 5) is 15.8. The molecule has 1 aromatic heterocycles. The van der Waals surface area contributed by atoms with Crippen LogP contribution in [0, 0.1) is 0 Å². The monoisotopic (exact) mass is 376 g/mol. The smallest absolute Gasteiger partial charge is 0.251 e. The highest BCUT2D eigenvalue weighted by atomic mass is 16.5. The zero-order valence-corrected chi connectivity index (χ0v) is 15.7. The molecule has 5 heteroatoms. The summed E-state index contributed by atoms with van der Waals surface area (Å²) in [6.07, 6.45) is 4.94. The minimum absolute atomic E-state index is 0.0746. The van der Waals surface area contributed by atoms with Crippen LogP contribution in [-0.2, 0) is 6.61 Å². The van der Waals surface area contributed by atoms with Crippen LogP contribution in [0.3, 0.4) is 0 Å². The van der Waals surface area contributed by atoms with Gasteiger partial charge in [0.25, 0.3) is 5.91 Å². The molecule has 0 atom stereocenters. The second-order valence-electron chi connectivity index (χ2n) is 6.29. The van der Waals surface area contributed by atoms with Gasteiger partial charge in [-0.15, -0.1) is 0 Å². The lowest BCUT2D eigenvalue weighted by Gasteiger charge is -2.09. The molecule has 0 bridgehead atoms. The van der Waals surface area contributed by atoms with Crippen LogP contribution in [0.1, 0.15) is 28.8 Å². The van der Waals surface area contributed by atoms with Crippen molar-refractivity contribution >= 4 is 5.91 Å². The van der Waals surface area contributed by atoms with E-state index in [9.17, 15) is 4.79 Å². The fraction of sp³-hybridized carbons (Fsp3) is 0.217. The summed E-state index contributed by atoms with van der Waals surface area (Å²) in [7, 11) is 0. The summed E-state index contributed by atoms with van der Waals surface area (Å²) in [5.41, 5.74) is 1.76. The molecule has 0 saturated carbocycles. The van der Waals surface area contributed by atoms with Crippen LogP contribution in [0.25, 0.3) is 0 Å². The molecule has 1 amide bonds. The quantitative estimate of drug-likeness (QED) is 0.538. The molecule has 0 aliphatic rings. The van der Waals surface area contributed by atoms with Gasteiger partial charge in [0.15, 0.2) is 0 Å². The third-order valence-corrected chi connectivity index (χ3v) is 4.14. The molecular formula is C23H24N2O3. The Kier molecular flexibility index (Phi) is 7.44. The van der Waals surface area contributed by atoms with E-state index in [1.165, 1.54) is 0 Å². The van der Waals surface area contributed by atoms with Gasteiger partial charge in [-0.3, -0.25) is 9.78 Å². The summed E-state index contributed by atoms with van der Waals surface area (Å²) in [6.45, 7) is 1.78. The van der Waals surface area contributed by atoms with Gasteiger partial charge < -0.3 is 14.8 Å². The summed E-state index contributed by atoms with van der Waals surface area (Å²) >= 11 is 0. The number of aromatic nitrogens is 1. The zero-order chi connectivity index (χ0) is 19.4. The summed E-state index contributed by atoms with van der Waals surface area (Å²) < 4.78 is 11.5. The molecule has 0 spiro atoms. The van der Waals surface area contributed by atoms with Gasteiger partial charge in [-0.1, -0.05) is 30.3 Å². The number of pyridine rings is 1. The highest BCUT2D eigenvalue weighted by Gasteiger charge is 2.03. The maximum atomic E-state index is 11.9. The van der Waals surface area contributed by atoms with Crippen LogP contribution < -0.4 is 14.8 Å². The van der Waals surface area contributed by atoms with Crippen LogP contribution >= 0.6 is 0 Å². The van der Waals surface area contributed by atoms with E-state index in [1.54, 1.807) is 24.5 Å². The Bertz CT molecular complexity index is 837. The van der Waals surface area contributed by atoms with E-state index >= 15 is 0 Å². The summed E-state index contributed by atoms with van der Waals surface area (Å²) in [5, 5.41) is 2.89. The average molecular weight is 376 g/mol. The van der Waals surface area contributed by atoms with E-state index in [0.717, 1.165) is 29.9 Å². The Balaban J connectivity index is 1.29. The van der Waals surface area contributed by atoms with E-state index in [0.29, 0.717) is 25.3 Å². The summed E-state index contributed by atoms with van der Waals surface area (Å²) in [5.74, 6) is 1.55. The van der Waals surface area contributed by atoms with Gasteiger partial charge in [0.1, 0.15) is 18.1 Å². The molecule has 0 unspecified atom stereocenters. The predicted molar refractivity (Wildman–Crippen MR) is 109 cm³/mol. The normalized spacial score (nSPS) is 10.3. The Morgan fingerprint density at radius 3 is 2.21 bits per heavy atom. The number of nitrogens with one attached hydrogen (secondary N) is 1. The average Bonchev–Trinajstić information content (AvgIpc) is 2.76. The van der Waals surface area contributed by atoms with Crippen molar-refractivity contribution in [3.63, 3.8) is 0 Å². The number of carbonyl (C=O) groups excluding carboxylic acids is 1. The lowest BCUT2D eigenvalue weighted by atomic mass is 10.2. The molecule has 0 fully saturated rings. The highest BCUT2D eigenvalue weighted by Crippen LogP contribution is 2.19. The molecule has 144 valence electrons. The molecule has 0 saturated heterocycles. The topological polar surface area (TPSA) is 60.5 Å². The first-order valence-electron chi connectivity index (χ1n) is 9.39. The highest BCUT2D eigenvalue weighted by molar-refractivity contribution is 5.93. The van der Waals surface area contributed by atoms with Crippen LogP contribution in [0.4, 0.5) is 0 Å². The Hall–Kier alpha value is -3.34. The van der Waals surface area contributed by atoms with E-state index < -0.39 is 0 Å². The van der Waals surface area contributed by atoms with Crippen LogP contribution in [-0.4, -0.2) is 24.0 Å². The SMILES string of the molecule is O=C(NCCCCOc1ccc(OCc2ccccc2)cc1)c1ccncc1. The first-order valence-corrected chi connectivity index (χ1v) is 9.39. The third-order valence-electron chi connectivity index (χ3n) is 4.14. The lowest BCUT2D eigenvalue weighted by molar-refractivity contribution is 0.0952. The minimum atomic E-state index is -0.0746. The predicted octanol–water partition coefficient (Wildman–Crippen LogP) is 4.25. The number of unbranched alkanes of at least 4 members (excludes halogenated alkanes) is 1. The fourth-order valence-electron chi connectivity index (χ4n) is 2.60. The van der Waals surface area contributed by atoms with Gasteiger partial charge in [-0.05, 0) is 54.8 Å². The number of nitrogens with zero attached hydrogens (tertiary/aromatic N) is 1. The van der Waals surface area contributed by atoms with Crippen molar-refractivity contribution in [3.8, 4) is 11.5 Å². The van der Waals surface area contributed by atoms with Crippen molar-refractivity contribution in [2.45, 2.75) is 19.4 Å². The van der Waals surface area contributed by atoms with Crippen molar-refractivity contribution in [2.24, 2.45) is 0 Å². The van der Waals surface area contributed by atoms with Gasteiger partial charge in [-0.2, -0.15) is 0 Å². The Morgan fingerprint density at radius 2 is 1.50 bits per heavy atom. The van der Waals surface area contributed by atoms with E-state index in [4.69, 9.17) is 9.47 Å². The first kappa shape index (κ1) is 19.4. The Labute approximate surface area is 165 Å². The Morgan fingerprint density at radius 1 is 0.821 bits per heavy atom. The number of ether oxygens (including phenoxy) is 2. The second-order valence-corrected chi connectivity index (χ2v) is 6.29. The molecule has 3 aromatic rings. The number of amides is 1. The van der Waals surface area contributed by atoms with Crippen LogP contribution in [0.15, 0.2) is 79.1 Å². The van der Waals surface area contributed by atoms with Crippen molar-refractivity contribution in [2.75, 3.05) is 13.2 Å². The molecule has 0 radical (unpaired) electrons. The van der Waals surface area contributed by atoms with E-state index in [1.807, 2.05) is 54.6 Å². The largest absolute Gasteiger partial charge is 0.494 e. The number of hydrogen-bond acceptors (Lipinski definition) is 4. The van der Waals surface area contributed by atoms with Gasteiger partial charge >= 0.3 is 0 Å². The van der Waals surface area contributed by atoms with Gasteiger partial charge in [0, 0.05) is 24.5 Å². The molecule has 1 heterocycles. The van der Waals surface area contributed by atoms with Crippen molar-refractivity contribution in [1.29, 1.82) is 0 Å². The van der Waals surface area contributed by atoms with Gasteiger partial charge in [0.05, 0.1) is 6.61 Å². The maximum Gasteiger partial charge on any atom is 0.251 e. The number of hydrogen-bond donors (Lipinski definition) is 1. The third kappa shape index (κ3) is 6.43. The van der Waals surface area contributed by atoms with E-state index in [-0.39, 0.29) is 5.91 Å². The second kappa shape index (κ2) is 10.7. The molecular weight excluding hydrogens is 352 g/mol. The van der Waals surface area contributed by atoms with Crippen LogP contribution in [0.5, 0.6) is 11.5 Å². The number of benzene rings is 2. The van der Waals surface area contributed by atoms with Crippen molar-refractivity contribution in [3.05, 3.63) is 90.3 Å². The van der Waals surface area contributed by atoms with E-state index in [2.05, 4.69) is 10.3 Å². The molecule has 1 N–H and O–H groups in total. The summed E-state index contributed by atoms with van der Waals surface area (Å²) in [6, 6.07) is 21.1. The van der Waals surface area contributed by atoms with Crippen molar-refractivity contribution in [1.82, 2.24) is 10.3 Å². The molecule has 28 heavy (non-hydrogen) atoms. The number of carbonyl (C=O) groups is 1. The molecule has 2 aromatic carbocycles. The van der Waals surface area contributed by atoms with Crippen LogP contribution in [0.2, 0.25) is 0 Å². The lowest BCUT2D eigenvalue weighted by Crippen LogP contribution is -2.24. The zero-order valence-electron chi connectivity index (χ0n) is 15.7. The molecule has 0 aliphatic heterocycles. The van der Waals surface area contributed by atoms with Gasteiger partial charge in [-0.25, -0.2) is 0 Å². The van der Waals surface area contributed by atoms with Crippen molar-refractivity contribution < 1.29 is 14.3 Å². The number of rotatable bonds is 10. The molecule has 0 aliphatic carbocycles.